The Kier molecular flexibility index (Phi) is 3.86. The van der Waals surface area contributed by atoms with Crippen LogP contribution in [-0.4, -0.2) is 52.0 Å². The van der Waals surface area contributed by atoms with Gasteiger partial charge in [0.2, 0.25) is 0 Å². The first-order valence-corrected chi connectivity index (χ1v) is 6.53. The van der Waals surface area contributed by atoms with Crippen LogP contribution in [0.3, 0.4) is 0 Å². The predicted octanol–water partition coefficient (Wildman–Crippen LogP) is 0.845. The van der Waals surface area contributed by atoms with Crippen LogP contribution in [0.4, 0.5) is 13.2 Å². The van der Waals surface area contributed by atoms with Crippen molar-refractivity contribution in [1.29, 1.82) is 0 Å². The Bertz CT molecular complexity index is 341. The summed E-state index contributed by atoms with van der Waals surface area (Å²) in [4.78, 5) is 1.43. The van der Waals surface area contributed by atoms with Crippen LogP contribution in [0.2, 0.25) is 0 Å². The molecule has 0 aromatic carbocycles. The predicted molar refractivity (Wildman–Crippen MR) is 51.4 cm³/mol. The molecule has 0 aromatic heterocycles. The third-order valence-corrected chi connectivity index (χ3v) is 2.99. The summed E-state index contributed by atoms with van der Waals surface area (Å²) in [5.41, 5.74) is 0. The maximum absolute atomic E-state index is 12.5. The SMILES string of the molecule is CN1C[C@@H](OS(C)(=O)=O)C[C@@H](C(F)(F)F)C1. The number of likely N-dealkylation sites (N-methyl/N-ethyl adjacent to an activating group) is 1. The maximum Gasteiger partial charge on any atom is 0.393 e. The third-order valence-electron chi connectivity index (χ3n) is 2.37. The first-order chi connectivity index (χ1) is 7.08. The molecule has 1 fully saturated rings. The van der Waals surface area contributed by atoms with E-state index in [1.807, 2.05) is 0 Å². The summed E-state index contributed by atoms with van der Waals surface area (Å²) >= 11 is 0. The number of rotatable bonds is 2. The first kappa shape index (κ1) is 13.7. The fourth-order valence-electron chi connectivity index (χ4n) is 1.82. The van der Waals surface area contributed by atoms with E-state index in [-0.39, 0.29) is 19.5 Å². The van der Waals surface area contributed by atoms with Gasteiger partial charge >= 0.3 is 6.18 Å². The molecular formula is C8H14F3NO3S. The maximum atomic E-state index is 12.5. The number of nitrogens with zero attached hydrogens (tertiary/aromatic N) is 1. The van der Waals surface area contributed by atoms with Crippen LogP contribution in [0.5, 0.6) is 0 Å². The molecule has 0 aromatic rings. The second kappa shape index (κ2) is 4.50. The fourth-order valence-corrected chi connectivity index (χ4v) is 2.45. The highest BCUT2D eigenvalue weighted by atomic mass is 32.2. The summed E-state index contributed by atoms with van der Waals surface area (Å²) in [6, 6.07) is 0. The van der Waals surface area contributed by atoms with Crippen LogP contribution in [0, 0.1) is 5.92 Å². The van der Waals surface area contributed by atoms with Crippen LogP contribution in [0.1, 0.15) is 6.42 Å². The van der Waals surface area contributed by atoms with Gasteiger partial charge in [-0.2, -0.15) is 21.6 Å². The third kappa shape index (κ3) is 4.26. The van der Waals surface area contributed by atoms with Crippen molar-refractivity contribution in [2.75, 3.05) is 26.4 Å². The van der Waals surface area contributed by atoms with Gasteiger partial charge in [-0.1, -0.05) is 0 Å². The second-order valence-corrected chi connectivity index (χ2v) is 5.72. The van der Waals surface area contributed by atoms with Gasteiger partial charge < -0.3 is 4.90 Å². The van der Waals surface area contributed by atoms with Crippen molar-refractivity contribution in [3.05, 3.63) is 0 Å². The average molecular weight is 261 g/mol. The highest BCUT2D eigenvalue weighted by Gasteiger charge is 2.44. The van der Waals surface area contributed by atoms with Gasteiger partial charge in [-0.25, -0.2) is 0 Å². The van der Waals surface area contributed by atoms with Crippen molar-refractivity contribution >= 4 is 10.1 Å². The van der Waals surface area contributed by atoms with E-state index in [4.69, 9.17) is 0 Å². The van der Waals surface area contributed by atoms with Crippen LogP contribution < -0.4 is 0 Å². The molecule has 8 heteroatoms. The molecule has 1 rings (SSSR count). The molecule has 1 heterocycles. The first-order valence-electron chi connectivity index (χ1n) is 4.71. The van der Waals surface area contributed by atoms with Crippen molar-refractivity contribution in [2.24, 2.45) is 5.92 Å². The van der Waals surface area contributed by atoms with E-state index in [2.05, 4.69) is 4.18 Å². The van der Waals surface area contributed by atoms with Crippen molar-refractivity contribution in [2.45, 2.75) is 18.7 Å². The van der Waals surface area contributed by atoms with Crippen molar-refractivity contribution < 1.29 is 25.8 Å². The zero-order valence-electron chi connectivity index (χ0n) is 8.99. The van der Waals surface area contributed by atoms with Crippen molar-refractivity contribution in [3.63, 3.8) is 0 Å². The molecule has 0 N–H and O–H groups in total. The van der Waals surface area contributed by atoms with E-state index in [9.17, 15) is 21.6 Å². The smallest absolute Gasteiger partial charge is 0.303 e. The lowest BCUT2D eigenvalue weighted by Gasteiger charge is -2.35. The molecule has 2 atom stereocenters. The van der Waals surface area contributed by atoms with Gasteiger partial charge in [-0.05, 0) is 13.5 Å². The molecule has 0 amide bonds. The average Bonchev–Trinajstić information content (AvgIpc) is 1.97. The van der Waals surface area contributed by atoms with E-state index >= 15 is 0 Å². The van der Waals surface area contributed by atoms with Crippen molar-refractivity contribution in [1.82, 2.24) is 4.90 Å². The summed E-state index contributed by atoms with van der Waals surface area (Å²) in [5, 5.41) is 0. The number of hydrogen-bond acceptors (Lipinski definition) is 4. The Morgan fingerprint density at radius 3 is 2.31 bits per heavy atom. The standard InChI is InChI=1S/C8H14F3NO3S/c1-12-4-6(8(9,10)11)3-7(5-12)15-16(2,13)14/h6-7H,3-5H2,1-2H3/t6-,7+/m1/s1. The quantitative estimate of drug-likeness (QED) is 0.691. The fraction of sp³-hybridized carbons (Fsp3) is 1.00. The summed E-state index contributed by atoms with van der Waals surface area (Å²) < 4.78 is 63.8. The van der Waals surface area contributed by atoms with E-state index in [1.165, 1.54) is 11.9 Å². The number of piperidine rings is 1. The van der Waals surface area contributed by atoms with Gasteiger partial charge in [-0.15, -0.1) is 0 Å². The molecule has 0 unspecified atom stereocenters. The molecule has 0 bridgehead atoms. The minimum absolute atomic E-state index is 0.118. The molecule has 1 aliphatic rings. The normalized spacial score (nSPS) is 29.3. The zero-order valence-corrected chi connectivity index (χ0v) is 9.81. The van der Waals surface area contributed by atoms with E-state index in [0.29, 0.717) is 0 Å². The molecule has 16 heavy (non-hydrogen) atoms. The molecule has 96 valence electrons. The zero-order chi connectivity index (χ0) is 12.6. The van der Waals surface area contributed by atoms with Crippen LogP contribution in [0.25, 0.3) is 0 Å². The number of halogens is 3. The van der Waals surface area contributed by atoms with Gasteiger partial charge in [0.1, 0.15) is 0 Å². The summed E-state index contributed by atoms with van der Waals surface area (Å²) in [5.74, 6) is -1.53. The largest absolute Gasteiger partial charge is 0.393 e. The minimum Gasteiger partial charge on any atom is -0.303 e. The Labute approximate surface area is 92.5 Å². The van der Waals surface area contributed by atoms with Gasteiger partial charge in [0, 0.05) is 13.1 Å². The molecule has 0 saturated carbocycles. The van der Waals surface area contributed by atoms with Crippen molar-refractivity contribution in [3.8, 4) is 0 Å². The Balaban J connectivity index is 2.69. The topological polar surface area (TPSA) is 46.6 Å². The molecule has 4 nitrogen and oxygen atoms in total. The lowest BCUT2D eigenvalue weighted by molar-refractivity contribution is -0.193. The summed E-state index contributed by atoms with van der Waals surface area (Å²) in [6.07, 6.45) is -4.70. The van der Waals surface area contributed by atoms with Crippen LogP contribution in [-0.2, 0) is 14.3 Å². The Hall–Kier alpha value is -0.340. The monoisotopic (exact) mass is 261 g/mol. The lowest BCUT2D eigenvalue weighted by Crippen LogP contribution is -2.47. The minimum atomic E-state index is -4.31. The Morgan fingerprint density at radius 2 is 1.88 bits per heavy atom. The second-order valence-electron chi connectivity index (χ2n) is 4.12. The van der Waals surface area contributed by atoms with Gasteiger partial charge in [0.05, 0.1) is 18.3 Å². The highest BCUT2D eigenvalue weighted by molar-refractivity contribution is 7.86. The highest BCUT2D eigenvalue weighted by Crippen LogP contribution is 2.33. The number of alkyl halides is 3. The van der Waals surface area contributed by atoms with Gasteiger partial charge in [-0.3, -0.25) is 4.18 Å². The van der Waals surface area contributed by atoms with Crippen LogP contribution >= 0.6 is 0 Å². The molecule has 1 saturated heterocycles. The molecule has 0 spiro atoms. The van der Waals surface area contributed by atoms with Gasteiger partial charge in [0.15, 0.2) is 0 Å². The Morgan fingerprint density at radius 1 is 1.31 bits per heavy atom. The molecule has 0 aliphatic carbocycles. The number of likely N-dealkylation sites (tertiary alicyclic amines) is 1. The van der Waals surface area contributed by atoms with Crippen LogP contribution in [0.15, 0.2) is 0 Å². The molecule has 1 aliphatic heterocycles. The summed E-state index contributed by atoms with van der Waals surface area (Å²) in [6.45, 7) is 0.0762. The lowest BCUT2D eigenvalue weighted by atomic mass is 9.96. The summed E-state index contributed by atoms with van der Waals surface area (Å²) in [7, 11) is -2.20. The van der Waals surface area contributed by atoms with Gasteiger partial charge in [0.25, 0.3) is 10.1 Å². The van der Waals surface area contributed by atoms with E-state index in [0.717, 1.165) is 6.26 Å². The molecule has 0 radical (unpaired) electrons. The van der Waals surface area contributed by atoms with E-state index < -0.39 is 28.3 Å². The van der Waals surface area contributed by atoms with E-state index in [1.54, 1.807) is 0 Å². The molecular weight excluding hydrogens is 247 g/mol. The number of hydrogen-bond donors (Lipinski definition) is 0.